The lowest BCUT2D eigenvalue weighted by Crippen LogP contribution is -2.13. The first-order chi connectivity index (χ1) is 9.47. The predicted molar refractivity (Wildman–Crippen MR) is 80.9 cm³/mol. The van der Waals surface area contributed by atoms with E-state index in [0.717, 1.165) is 16.7 Å². The third-order valence-corrected chi connectivity index (χ3v) is 3.26. The summed E-state index contributed by atoms with van der Waals surface area (Å²) in [5.41, 5.74) is 4.14. The van der Waals surface area contributed by atoms with Gasteiger partial charge in [-0.1, -0.05) is 29.8 Å². The third-order valence-electron chi connectivity index (χ3n) is 3.26. The molecule has 0 bridgehead atoms. The number of hydrogen-bond acceptors (Lipinski definition) is 2. The van der Waals surface area contributed by atoms with Crippen LogP contribution in [0.25, 0.3) is 0 Å². The lowest BCUT2D eigenvalue weighted by Gasteiger charge is -2.11. The van der Waals surface area contributed by atoms with E-state index in [1.54, 1.807) is 13.0 Å². The Labute approximate surface area is 119 Å². The molecule has 0 fully saturated rings. The van der Waals surface area contributed by atoms with Gasteiger partial charge in [0.2, 0.25) is 0 Å². The van der Waals surface area contributed by atoms with Crippen molar-refractivity contribution >= 4 is 11.6 Å². The number of aryl methyl sites for hydroxylation is 2. The van der Waals surface area contributed by atoms with Gasteiger partial charge in [-0.3, -0.25) is 4.79 Å². The molecule has 1 amide bonds. The zero-order chi connectivity index (χ0) is 14.7. The lowest BCUT2D eigenvalue weighted by molar-refractivity contribution is 0.102. The Morgan fingerprint density at radius 2 is 1.90 bits per heavy atom. The fourth-order valence-electron chi connectivity index (χ4n) is 2.06. The van der Waals surface area contributed by atoms with E-state index in [0.29, 0.717) is 11.3 Å². The van der Waals surface area contributed by atoms with Gasteiger partial charge in [0.15, 0.2) is 0 Å². The van der Waals surface area contributed by atoms with Crippen molar-refractivity contribution in [2.75, 3.05) is 5.32 Å². The highest BCUT2D eigenvalue weighted by Gasteiger charge is 2.10. The standard InChI is InChI=1S/C17H19NO2/c1-11-7-8-12(2)16(9-11)17(20)18-15-6-4-5-14(10-15)13(3)19/h4-10,13,19H,1-3H3,(H,18,20). The van der Waals surface area contributed by atoms with Crippen molar-refractivity contribution in [3.63, 3.8) is 0 Å². The summed E-state index contributed by atoms with van der Waals surface area (Å²) in [6.45, 7) is 5.58. The molecule has 104 valence electrons. The van der Waals surface area contributed by atoms with E-state index in [1.165, 1.54) is 0 Å². The van der Waals surface area contributed by atoms with Gasteiger partial charge >= 0.3 is 0 Å². The number of aliphatic hydroxyl groups is 1. The lowest BCUT2D eigenvalue weighted by atomic mass is 10.0. The van der Waals surface area contributed by atoms with E-state index in [4.69, 9.17) is 0 Å². The van der Waals surface area contributed by atoms with Gasteiger partial charge in [0.1, 0.15) is 0 Å². The SMILES string of the molecule is Cc1ccc(C)c(C(=O)Nc2cccc(C(C)O)c2)c1. The average Bonchev–Trinajstić information content (AvgIpc) is 2.41. The third kappa shape index (κ3) is 3.25. The molecule has 0 saturated carbocycles. The molecule has 0 aromatic heterocycles. The maximum atomic E-state index is 12.3. The number of nitrogens with one attached hydrogen (secondary N) is 1. The smallest absolute Gasteiger partial charge is 0.255 e. The Bertz CT molecular complexity index is 633. The fourth-order valence-corrected chi connectivity index (χ4v) is 2.06. The number of anilines is 1. The largest absolute Gasteiger partial charge is 0.389 e. The van der Waals surface area contributed by atoms with Crippen LogP contribution in [-0.4, -0.2) is 11.0 Å². The van der Waals surface area contributed by atoms with E-state index in [2.05, 4.69) is 5.32 Å². The Morgan fingerprint density at radius 1 is 1.15 bits per heavy atom. The van der Waals surface area contributed by atoms with Gasteiger partial charge in [0, 0.05) is 11.3 Å². The van der Waals surface area contributed by atoms with Crippen LogP contribution in [-0.2, 0) is 0 Å². The van der Waals surface area contributed by atoms with Gasteiger partial charge < -0.3 is 10.4 Å². The molecule has 0 saturated heterocycles. The first kappa shape index (κ1) is 14.3. The molecule has 2 aromatic rings. The quantitative estimate of drug-likeness (QED) is 0.894. The molecule has 2 aromatic carbocycles. The molecule has 0 heterocycles. The van der Waals surface area contributed by atoms with E-state index in [9.17, 15) is 9.90 Å². The molecule has 20 heavy (non-hydrogen) atoms. The molecule has 2 rings (SSSR count). The first-order valence-electron chi connectivity index (χ1n) is 6.64. The zero-order valence-corrected chi connectivity index (χ0v) is 12.0. The van der Waals surface area contributed by atoms with Crippen LogP contribution in [0.2, 0.25) is 0 Å². The number of carbonyl (C=O) groups excluding carboxylic acids is 1. The van der Waals surface area contributed by atoms with Crippen LogP contribution in [0.4, 0.5) is 5.69 Å². The molecule has 3 heteroatoms. The average molecular weight is 269 g/mol. The molecule has 1 unspecified atom stereocenters. The summed E-state index contributed by atoms with van der Waals surface area (Å²) >= 11 is 0. The number of benzene rings is 2. The second-order valence-electron chi connectivity index (χ2n) is 5.07. The molecule has 0 spiro atoms. The molecule has 3 nitrogen and oxygen atoms in total. The van der Waals surface area contributed by atoms with Crippen molar-refractivity contribution in [1.29, 1.82) is 0 Å². The minimum Gasteiger partial charge on any atom is -0.389 e. The van der Waals surface area contributed by atoms with Crippen LogP contribution < -0.4 is 5.32 Å². The highest BCUT2D eigenvalue weighted by atomic mass is 16.3. The molecule has 0 aliphatic heterocycles. The number of amides is 1. The van der Waals surface area contributed by atoms with E-state index >= 15 is 0 Å². The van der Waals surface area contributed by atoms with Crippen molar-refractivity contribution < 1.29 is 9.90 Å². The summed E-state index contributed by atoms with van der Waals surface area (Å²) in [6.07, 6.45) is -0.549. The summed E-state index contributed by atoms with van der Waals surface area (Å²) in [5, 5.41) is 12.4. The Balaban J connectivity index is 2.23. The van der Waals surface area contributed by atoms with Gasteiger partial charge in [-0.2, -0.15) is 0 Å². The predicted octanol–water partition coefficient (Wildman–Crippen LogP) is 3.61. The molecule has 2 N–H and O–H groups in total. The summed E-state index contributed by atoms with van der Waals surface area (Å²) < 4.78 is 0. The van der Waals surface area contributed by atoms with Crippen molar-refractivity contribution in [2.24, 2.45) is 0 Å². The topological polar surface area (TPSA) is 49.3 Å². The Kier molecular flexibility index (Phi) is 4.20. The second kappa shape index (κ2) is 5.88. The highest BCUT2D eigenvalue weighted by Crippen LogP contribution is 2.18. The minimum absolute atomic E-state index is 0.131. The second-order valence-corrected chi connectivity index (χ2v) is 5.07. The monoisotopic (exact) mass is 269 g/mol. The van der Waals surface area contributed by atoms with Crippen LogP contribution in [0, 0.1) is 13.8 Å². The fraction of sp³-hybridized carbons (Fsp3) is 0.235. The summed E-state index contributed by atoms with van der Waals surface area (Å²) in [5.74, 6) is -0.131. The Morgan fingerprint density at radius 3 is 2.60 bits per heavy atom. The molecule has 1 atom stereocenters. The van der Waals surface area contributed by atoms with Gasteiger partial charge in [0.05, 0.1) is 6.10 Å². The maximum absolute atomic E-state index is 12.3. The van der Waals surface area contributed by atoms with Crippen molar-refractivity contribution in [2.45, 2.75) is 26.9 Å². The molecule has 0 aliphatic carbocycles. The van der Waals surface area contributed by atoms with Crippen LogP contribution in [0.1, 0.15) is 40.1 Å². The highest BCUT2D eigenvalue weighted by molar-refractivity contribution is 6.05. The summed E-state index contributed by atoms with van der Waals surface area (Å²) in [7, 11) is 0. The van der Waals surface area contributed by atoms with Crippen LogP contribution in [0.15, 0.2) is 42.5 Å². The number of aliphatic hydroxyl groups excluding tert-OH is 1. The molecule has 0 radical (unpaired) electrons. The minimum atomic E-state index is -0.549. The number of rotatable bonds is 3. The van der Waals surface area contributed by atoms with Crippen molar-refractivity contribution in [3.8, 4) is 0 Å². The van der Waals surface area contributed by atoms with E-state index in [-0.39, 0.29) is 5.91 Å². The van der Waals surface area contributed by atoms with Gasteiger partial charge in [0.25, 0.3) is 5.91 Å². The van der Waals surface area contributed by atoms with Crippen LogP contribution >= 0.6 is 0 Å². The first-order valence-corrected chi connectivity index (χ1v) is 6.64. The molecular formula is C17H19NO2. The van der Waals surface area contributed by atoms with Crippen LogP contribution in [0.5, 0.6) is 0 Å². The normalized spacial score (nSPS) is 12.0. The summed E-state index contributed by atoms with van der Waals surface area (Å²) in [6, 6.07) is 13.1. The van der Waals surface area contributed by atoms with Gasteiger partial charge in [-0.05, 0) is 50.1 Å². The van der Waals surface area contributed by atoms with E-state index in [1.807, 2.05) is 50.2 Å². The molecule has 0 aliphatic rings. The maximum Gasteiger partial charge on any atom is 0.255 e. The van der Waals surface area contributed by atoms with Crippen molar-refractivity contribution in [3.05, 3.63) is 64.7 Å². The number of carbonyl (C=O) groups is 1. The van der Waals surface area contributed by atoms with Gasteiger partial charge in [-0.15, -0.1) is 0 Å². The Hall–Kier alpha value is -2.13. The summed E-state index contributed by atoms with van der Waals surface area (Å²) in [4.78, 5) is 12.3. The number of hydrogen-bond donors (Lipinski definition) is 2. The zero-order valence-electron chi connectivity index (χ0n) is 12.0. The van der Waals surface area contributed by atoms with E-state index < -0.39 is 6.10 Å². The van der Waals surface area contributed by atoms with Crippen molar-refractivity contribution in [1.82, 2.24) is 0 Å². The van der Waals surface area contributed by atoms with Crippen LogP contribution in [0.3, 0.4) is 0 Å². The van der Waals surface area contributed by atoms with Gasteiger partial charge in [-0.25, -0.2) is 0 Å². The molecular weight excluding hydrogens is 250 g/mol.